The molecule has 0 radical (unpaired) electrons. The third-order valence-electron chi connectivity index (χ3n) is 4.17. The van der Waals surface area contributed by atoms with Gasteiger partial charge in [-0.05, 0) is 31.0 Å². The number of benzene rings is 1. The zero-order chi connectivity index (χ0) is 15.8. The Bertz CT molecular complexity index is 931. The zero-order valence-electron chi connectivity index (χ0n) is 12.5. The predicted molar refractivity (Wildman–Crippen MR) is 93.8 cm³/mol. The summed E-state index contributed by atoms with van der Waals surface area (Å²) < 4.78 is 1.59. The second-order valence-electron chi connectivity index (χ2n) is 5.64. The van der Waals surface area contributed by atoms with Gasteiger partial charge in [-0.15, -0.1) is 12.6 Å². The average Bonchev–Trinajstić information content (AvgIpc) is 3.10. The molecule has 1 saturated heterocycles. The number of aromatic nitrogens is 3. The maximum atomic E-state index is 12.7. The van der Waals surface area contributed by atoms with Crippen molar-refractivity contribution in [1.29, 1.82) is 0 Å². The molecule has 3 heterocycles. The first-order valence-corrected chi connectivity index (χ1v) is 8.10. The summed E-state index contributed by atoms with van der Waals surface area (Å²) in [6, 6.07) is 9.37. The van der Waals surface area contributed by atoms with Gasteiger partial charge in [0.2, 0.25) is 5.95 Å². The lowest BCUT2D eigenvalue weighted by molar-refractivity contribution is 0.903. The van der Waals surface area contributed by atoms with Crippen molar-refractivity contribution >= 4 is 29.5 Å². The third kappa shape index (κ3) is 2.49. The first-order valence-electron chi connectivity index (χ1n) is 7.66. The predicted octanol–water partition coefficient (Wildman–Crippen LogP) is 2.67. The summed E-state index contributed by atoms with van der Waals surface area (Å²) in [7, 11) is 0. The molecule has 0 aliphatic carbocycles. The number of anilines is 1. The highest BCUT2D eigenvalue weighted by Crippen LogP contribution is 2.20. The van der Waals surface area contributed by atoms with Crippen LogP contribution in [0.5, 0.6) is 0 Å². The van der Waals surface area contributed by atoms with Crippen molar-refractivity contribution in [3.05, 3.63) is 53.1 Å². The number of hydrogen-bond donors (Lipinski definition) is 1. The van der Waals surface area contributed by atoms with E-state index in [0.717, 1.165) is 23.7 Å². The number of rotatable bonds is 2. The van der Waals surface area contributed by atoms with Gasteiger partial charge in [0.25, 0.3) is 5.56 Å². The van der Waals surface area contributed by atoms with Crippen molar-refractivity contribution in [3.8, 4) is 5.69 Å². The van der Waals surface area contributed by atoms with E-state index in [4.69, 9.17) is 0 Å². The minimum absolute atomic E-state index is 0.128. The molecule has 3 aromatic rings. The molecule has 0 N–H and O–H groups in total. The van der Waals surface area contributed by atoms with Crippen molar-refractivity contribution in [2.75, 3.05) is 18.0 Å². The molecule has 1 fully saturated rings. The Hall–Kier alpha value is -2.34. The fourth-order valence-corrected chi connectivity index (χ4v) is 3.22. The molecule has 0 amide bonds. The monoisotopic (exact) mass is 324 g/mol. The molecule has 0 bridgehead atoms. The van der Waals surface area contributed by atoms with E-state index in [0.29, 0.717) is 16.9 Å². The van der Waals surface area contributed by atoms with Gasteiger partial charge in [-0.2, -0.15) is 0 Å². The van der Waals surface area contributed by atoms with E-state index in [1.54, 1.807) is 17.0 Å². The number of para-hydroxylation sites is 1. The summed E-state index contributed by atoms with van der Waals surface area (Å²) in [5.74, 6) is 0.710. The van der Waals surface area contributed by atoms with E-state index in [1.807, 2.05) is 30.3 Å². The van der Waals surface area contributed by atoms with Crippen LogP contribution in [0.1, 0.15) is 12.8 Å². The summed E-state index contributed by atoms with van der Waals surface area (Å²) in [4.78, 5) is 24.6. The molecule has 4 rings (SSSR count). The molecule has 116 valence electrons. The summed E-state index contributed by atoms with van der Waals surface area (Å²) in [6.45, 7) is 1.96. The van der Waals surface area contributed by atoms with Crippen molar-refractivity contribution in [2.45, 2.75) is 17.7 Å². The normalized spacial score (nSPS) is 14.6. The van der Waals surface area contributed by atoms with Crippen molar-refractivity contribution < 1.29 is 0 Å². The van der Waals surface area contributed by atoms with E-state index >= 15 is 0 Å². The Balaban J connectivity index is 1.84. The highest BCUT2D eigenvalue weighted by Gasteiger charge is 2.16. The molecule has 2 aromatic heterocycles. The van der Waals surface area contributed by atoms with E-state index in [2.05, 4.69) is 27.5 Å². The maximum Gasteiger partial charge on any atom is 0.266 e. The van der Waals surface area contributed by atoms with Crippen LogP contribution in [0.2, 0.25) is 0 Å². The Kier molecular flexibility index (Phi) is 3.53. The van der Waals surface area contributed by atoms with Crippen LogP contribution in [-0.2, 0) is 0 Å². The zero-order valence-corrected chi connectivity index (χ0v) is 13.4. The minimum atomic E-state index is -0.128. The molecule has 0 unspecified atom stereocenters. The Morgan fingerprint density at radius 3 is 2.65 bits per heavy atom. The van der Waals surface area contributed by atoms with Gasteiger partial charge in [0, 0.05) is 30.4 Å². The van der Waals surface area contributed by atoms with Gasteiger partial charge in [0.05, 0.1) is 16.6 Å². The highest BCUT2D eigenvalue weighted by molar-refractivity contribution is 7.80. The lowest BCUT2D eigenvalue weighted by Gasteiger charge is -2.15. The molecule has 0 atom stereocenters. The second kappa shape index (κ2) is 5.70. The average molecular weight is 324 g/mol. The third-order valence-corrected chi connectivity index (χ3v) is 4.54. The van der Waals surface area contributed by atoms with Crippen molar-refractivity contribution in [1.82, 2.24) is 14.5 Å². The summed E-state index contributed by atoms with van der Waals surface area (Å²) >= 11 is 4.43. The standard InChI is InChI=1S/C17H16N4OS/c22-16-12-11-18-17(20-8-3-4-9-20)19-13(12)7-10-21(16)14-5-1-2-6-15(14)23/h1-2,5-7,10-11,23H,3-4,8-9H2. The molecule has 0 saturated carbocycles. The van der Waals surface area contributed by atoms with Crippen LogP contribution in [0, 0.1) is 0 Å². The first kappa shape index (κ1) is 14.3. The lowest BCUT2D eigenvalue weighted by Crippen LogP contribution is -2.22. The van der Waals surface area contributed by atoms with E-state index in [1.165, 1.54) is 12.8 Å². The van der Waals surface area contributed by atoms with Crippen LogP contribution in [0.15, 0.2) is 52.4 Å². The summed E-state index contributed by atoms with van der Waals surface area (Å²) in [5.41, 5.74) is 1.31. The maximum absolute atomic E-state index is 12.7. The number of hydrogen-bond acceptors (Lipinski definition) is 5. The highest BCUT2D eigenvalue weighted by atomic mass is 32.1. The number of nitrogens with zero attached hydrogens (tertiary/aromatic N) is 4. The van der Waals surface area contributed by atoms with Gasteiger partial charge >= 0.3 is 0 Å². The van der Waals surface area contributed by atoms with Crippen molar-refractivity contribution in [3.63, 3.8) is 0 Å². The summed E-state index contributed by atoms with van der Waals surface area (Å²) in [5, 5.41) is 0.520. The molecule has 5 nitrogen and oxygen atoms in total. The van der Waals surface area contributed by atoms with Gasteiger partial charge in [-0.1, -0.05) is 12.1 Å². The topological polar surface area (TPSA) is 51.0 Å². The molecule has 0 spiro atoms. The molecule has 23 heavy (non-hydrogen) atoms. The Morgan fingerprint density at radius 1 is 1.09 bits per heavy atom. The fourth-order valence-electron chi connectivity index (χ4n) is 2.95. The van der Waals surface area contributed by atoms with Crippen LogP contribution >= 0.6 is 12.6 Å². The minimum Gasteiger partial charge on any atom is -0.341 e. The summed E-state index contributed by atoms with van der Waals surface area (Å²) in [6.07, 6.45) is 5.72. The molecule has 6 heteroatoms. The first-order chi connectivity index (χ1) is 11.2. The number of fused-ring (bicyclic) bond motifs is 1. The van der Waals surface area contributed by atoms with E-state index in [9.17, 15) is 4.79 Å². The van der Waals surface area contributed by atoms with Crippen molar-refractivity contribution in [2.24, 2.45) is 0 Å². The van der Waals surface area contributed by atoms with Gasteiger partial charge in [0.1, 0.15) is 0 Å². The van der Waals surface area contributed by atoms with Crippen LogP contribution in [0.25, 0.3) is 16.6 Å². The van der Waals surface area contributed by atoms with Crippen LogP contribution in [0.4, 0.5) is 5.95 Å². The van der Waals surface area contributed by atoms with Crippen LogP contribution < -0.4 is 10.5 Å². The molecule has 1 aromatic carbocycles. The Morgan fingerprint density at radius 2 is 1.87 bits per heavy atom. The van der Waals surface area contributed by atoms with Gasteiger partial charge < -0.3 is 4.90 Å². The number of thiol groups is 1. The van der Waals surface area contributed by atoms with E-state index < -0.39 is 0 Å². The lowest BCUT2D eigenvalue weighted by atomic mass is 10.2. The molecule has 1 aliphatic rings. The smallest absolute Gasteiger partial charge is 0.266 e. The van der Waals surface area contributed by atoms with Gasteiger partial charge in [0.15, 0.2) is 0 Å². The van der Waals surface area contributed by atoms with Crippen LogP contribution in [-0.4, -0.2) is 27.6 Å². The number of pyridine rings is 1. The fraction of sp³-hybridized carbons (Fsp3) is 0.235. The molecular formula is C17H16N4OS. The van der Waals surface area contributed by atoms with Gasteiger partial charge in [-0.3, -0.25) is 9.36 Å². The molecular weight excluding hydrogens is 308 g/mol. The van der Waals surface area contributed by atoms with Crippen LogP contribution in [0.3, 0.4) is 0 Å². The van der Waals surface area contributed by atoms with Gasteiger partial charge in [-0.25, -0.2) is 9.97 Å². The second-order valence-corrected chi connectivity index (χ2v) is 6.12. The molecule has 1 aliphatic heterocycles. The Labute approximate surface area is 139 Å². The largest absolute Gasteiger partial charge is 0.341 e. The van der Waals surface area contributed by atoms with E-state index in [-0.39, 0.29) is 5.56 Å². The SMILES string of the molecule is O=c1c2cnc(N3CCCC3)nc2ccn1-c1ccccc1S. The quantitative estimate of drug-likeness (QED) is 0.736.